The Morgan fingerprint density at radius 2 is 1.85 bits per heavy atom. The van der Waals surface area contributed by atoms with Gasteiger partial charge in [0.05, 0.1) is 12.2 Å². The topological polar surface area (TPSA) is 18.5 Å². The molecular formula is C9H19BrO2Si. The van der Waals surface area contributed by atoms with Crippen LogP contribution in [0.15, 0.2) is 0 Å². The fourth-order valence-electron chi connectivity index (χ4n) is 1.67. The second kappa shape index (κ2) is 4.42. The van der Waals surface area contributed by atoms with E-state index in [4.69, 9.17) is 9.16 Å². The van der Waals surface area contributed by atoms with Crippen LogP contribution in [0.4, 0.5) is 0 Å². The van der Waals surface area contributed by atoms with Crippen molar-refractivity contribution in [2.24, 2.45) is 0 Å². The predicted octanol–water partition coefficient (Wildman–Crippen LogP) is 2.78. The summed E-state index contributed by atoms with van der Waals surface area (Å²) >= 11 is 3.66. The van der Waals surface area contributed by atoms with Crippen molar-refractivity contribution in [3.05, 3.63) is 0 Å². The minimum Gasteiger partial charge on any atom is -0.414 e. The first kappa shape index (κ1) is 11.7. The third-order valence-electron chi connectivity index (χ3n) is 2.22. The van der Waals surface area contributed by atoms with Crippen LogP contribution in [0.5, 0.6) is 0 Å². The highest BCUT2D eigenvalue weighted by molar-refractivity contribution is 9.09. The molecule has 1 fully saturated rings. The van der Waals surface area contributed by atoms with E-state index in [9.17, 15) is 0 Å². The summed E-state index contributed by atoms with van der Waals surface area (Å²) in [6.45, 7) is 6.69. The van der Waals surface area contributed by atoms with Crippen molar-refractivity contribution in [1.82, 2.24) is 0 Å². The first-order chi connectivity index (χ1) is 5.92. The van der Waals surface area contributed by atoms with Crippen LogP contribution in [0.1, 0.15) is 12.8 Å². The Morgan fingerprint density at radius 3 is 2.23 bits per heavy atom. The SMILES string of the molecule is CO[C@H]1C[C@H](O[Si](C)(C)C)[C@@H](Br)C1. The molecule has 1 aliphatic carbocycles. The van der Waals surface area contributed by atoms with E-state index in [0.717, 1.165) is 12.8 Å². The maximum Gasteiger partial charge on any atom is 0.184 e. The second-order valence-corrected chi connectivity index (χ2v) is 10.3. The third kappa shape index (κ3) is 3.70. The molecule has 1 saturated carbocycles. The van der Waals surface area contributed by atoms with Gasteiger partial charge in [-0.1, -0.05) is 15.9 Å². The lowest BCUT2D eigenvalue weighted by molar-refractivity contribution is 0.0935. The van der Waals surface area contributed by atoms with Crippen LogP contribution in [-0.2, 0) is 9.16 Å². The van der Waals surface area contributed by atoms with Gasteiger partial charge in [-0.2, -0.15) is 0 Å². The van der Waals surface area contributed by atoms with Crippen molar-refractivity contribution in [2.75, 3.05) is 7.11 Å². The lowest BCUT2D eigenvalue weighted by Crippen LogP contribution is -2.34. The van der Waals surface area contributed by atoms with E-state index in [1.165, 1.54) is 0 Å². The quantitative estimate of drug-likeness (QED) is 0.578. The molecule has 3 atom stereocenters. The van der Waals surface area contributed by atoms with Crippen molar-refractivity contribution in [1.29, 1.82) is 0 Å². The number of methoxy groups -OCH3 is 1. The van der Waals surface area contributed by atoms with E-state index in [1.54, 1.807) is 7.11 Å². The largest absolute Gasteiger partial charge is 0.414 e. The van der Waals surface area contributed by atoms with E-state index in [-0.39, 0.29) is 0 Å². The monoisotopic (exact) mass is 266 g/mol. The Labute approximate surface area is 90.3 Å². The average molecular weight is 267 g/mol. The number of ether oxygens (including phenoxy) is 1. The first-order valence-electron chi connectivity index (χ1n) is 4.77. The van der Waals surface area contributed by atoms with Gasteiger partial charge in [0, 0.05) is 11.9 Å². The summed E-state index contributed by atoms with van der Waals surface area (Å²) in [5, 5.41) is 0. The molecule has 0 saturated heterocycles. The zero-order chi connectivity index (χ0) is 10.1. The van der Waals surface area contributed by atoms with Gasteiger partial charge < -0.3 is 9.16 Å². The lowest BCUT2D eigenvalue weighted by atomic mass is 10.3. The molecule has 2 nitrogen and oxygen atoms in total. The average Bonchev–Trinajstić information content (AvgIpc) is 2.29. The standard InChI is InChI=1S/C9H19BrO2Si/c1-11-7-5-8(10)9(6-7)12-13(2,3)4/h7-9H,5-6H2,1-4H3/t7-,8+,9+/m1/s1. The summed E-state index contributed by atoms with van der Waals surface area (Å²) in [6.07, 6.45) is 2.85. The van der Waals surface area contributed by atoms with Crippen LogP contribution >= 0.6 is 15.9 Å². The Hall–Kier alpha value is 0.617. The predicted molar refractivity (Wildman–Crippen MR) is 61.0 cm³/mol. The summed E-state index contributed by atoms with van der Waals surface area (Å²) in [7, 11) is 0.387. The summed E-state index contributed by atoms with van der Waals surface area (Å²) in [5.41, 5.74) is 0. The van der Waals surface area contributed by atoms with E-state index in [0.29, 0.717) is 17.0 Å². The number of hydrogen-bond donors (Lipinski definition) is 0. The van der Waals surface area contributed by atoms with Gasteiger partial charge >= 0.3 is 0 Å². The highest BCUT2D eigenvalue weighted by atomic mass is 79.9. The van der Waals surface area contributed by atoms with Gasteiger partial charge in [0.1, 0.15) is 0 Å². The number of hydrogen-bond acceptors (Lipinski definition) is 2. The Balaban J connectivity index is 2.44. The lowest BCUT2D eigenvalue weighted by Gasteiger charge is -2.25. The van der Waals surface area contributed by atoms with Crippen molar-refractivity contribution >= 4 is 24.2 Å². The molecule has 0 amide bonds. The maximum atomic E-state index is 6.05. The third-order valence-corrected chi connectivity index (χ3v) is 4.20. The fourth-order valence-corrected chi connectivity index (χ4v) is 3.78. The summed E-state index contributed by atoms with van der Waals surface area (Å²) < 4.78 is 11.4. The van der Waals surface area contributed by atoms with Gasteiger partial charge in [-0.15, -0.1) is 0 Å². The smallest absolute Gasteiger partial charge is 0.184 e. The molecule has 0 spiro atoms. The summed E-state index contributed by atoms with van der Waals surface area (Å²) in [5.74, 6) is 0. The zero-order valence-electron chi connectivity index (χ0n) is 8.84. The van der Waals surface area contributed by atoms with Gasteiger partial charge in [0.15, 0.2) is 8.32 Å². The molecule has 0 aliphatic heterocycles. The van der Waals surface area contributed by atoms with Gasteiger partial charge in [0.2, 0.25) is 0 Å². The molecule has 0 bridgehead atoms. The van der Waals surface area contributed by atoms with Crippen LogP contribution in [-0.4, -0.2) is 32.5 Å². The molecular weight excluding hydrogens is 248 g/mol. The molecule has 0 aromatic carbocycles. The van der Waals surface area contributed by atoms with E-state index < -0.39 is 8.32 Å². The van der Waals surface area contributed by atoms with Crippen LogP contribution in [0.25, 0.3) is 0 Å². The molecule has 1 rings (SSSR count). The molecule has 0 unspecified atom stereocenters. The van der Waals surface area contributed by atoms with Crippen molar-refractivity contribution in [3.63, 3.8) is 0 Å². The Morgan fingerprint density at radius 1 is 1.23 bits per heavy atom. The van der Waals surface area contributed by atoms with Crippen LogP contribution < -0.4 is 0 Å². The molecule has 13 heavy (non-hydrogen) atoms. The van der Waals surface area contributed by atoms with Gasteiger partial charge in [-0.25, -0.2) is 0 Å². The summed E-state index contributed by atoms with van der Waals surface area (Å²) in [6, 6.07) is 0. The molecule has 0 heterocycles. The normalized spacial score (nSPS) is 35.3. The van der Waals surface area contributed by atoms with Crippen molar-refractivity contribution in [3.8, 4) is 0 Å². The molecule has 78 valence electrons. The molecule has 1 aliphatic rings. The Bertz CT molecular complexity index is 169. The van der Waals surface area contributed by atoms with Crippen molar-refractivity contribution in [2.45, 2.75) is 49.5 Å². The number of rotatable bonds is 3. The zero-order valence-corrected chi connectivity index (χ0v) is 11.4. The van der Waals surface area contributed by atoms with E-state index >= 15 is 0 Å². The molecule has 0 aromatic heterocycles. The first-order valence-corrected chi connectivity index (χ1v) is 9.09. The second-order valence-electron chi connectivity index (χ2n) is 4.61. The molecule has 0 radical (unpaired) electrons. The fraction of sp³-hybridized carbons (Fsp3) is 1.00. The van der Waals surface area contributed by atoms with E-state index in [1.807, 2.05) is 0 Å². The summed E-state index contributed by atoms with van der Waals surface area (Å²) in [4.78, 5) is 0.476. The Kier molecular flexibility index (Phi) is 3.98. The van der Waals surface area contributed by atoms with Crippen molar-refractivity contribution < 1.29 is 9.16 Å². The van der Waals surface area contributed by atoms with Gasteiger partial charge in [-0.05, 0) is 32.5 Å². The van der Waals surface area contributed by atoms with Gasteiger partial charge in [-0.3, -0.25) is 0 Å². The molecule has 0 aromatic rings. The van der Waals surface area contributed by atoms with Crippen LogP contribution in [0.3, 0.4) is 0 Å². The minimum atomic E-state index is -1.39. The molecule has 0 N–H and O–H groups in total. The van der Waals surface area contributed by atoms with Crippen LogP contribution in [0.2, 0.25) is 19.6 Å². The van der Waals surface area contributed by atoms with E-state index in [2.05, 4.69) is 35.6 Å². The minimum absolute atomic E-state index is 0.358. The number of alkyl halides is 1. The maximum absolute atomic E-state index is 6.05. The van der Waals surface area contributed by atoms with Gasteiger partial charge in [0.25, 0.3) is 0 Å². The number of halogens is 1. The highest BCUT2D eigenvalue weighted by Gasteiger charge is 2.35. The van der Waals surface area contributed by atoms with Crippen LogP contribution in [0, 0.1) is 0 Å². The highest BCUT2D eigenvalue weighted by Crippen LogP contribution is 2.32. The molecule has 4 heteroatoms.